The Bertz CT molecular complexity index is 394. The van der Waals surface area contributed by atoms with Crippen molar-refractivity contribution < 1.29 is 0 Å². The lowest BCUT2D eigenvalue weighted by Gasteiger charge is -2.25. The lowest BCUT2D eigenvalue weighted by atomic mass is 10.1. The van der Waals surface area contributed by atoms with Gasteiger partial charge in [0, 0.05) is 31.7 Å². The van der Waals surface area contributed by atoms with Crippen LogP contribution >= 0.6 is 0 Å². The topological polar surface area (TPSA) is 44.3 Å². The fourth-order valence-corrected chi connectivity index (χ4v) is 1.89. The van der Waals surface area contributed by atoms with Crippen molar-refractivity contribution in [1.82, 2.24) is 20.2 Å². The van der Waals surface area contributed by atoms with Crippen molar-refractivity contribution in [2.24, 2.45) is 0 Å². The molecule has 0 aliphatic rings. The van der Waals surface area contributed by atoms with Gasteiger partial charge < -0.3 is 15.1 Å². The van der Waals surface area contributed by atoms with Crippen LogP contribution in [-0.2, 0) is 6.54 Å². The van der Waals surface area contributed by atoms with Crippen LogP contribution in [-0.4, -0.2) is 54.1 Å². The number of aromatic nitrogens is 2. The average Bonchev–Trinajstić information content (AvgIpc) is 2.41. The molecule has 0 bridgehead atoms. The Morgan fingerprint density at radius 3 is 2.24 bits per heavy atom. The third-order valence-corrected chi connectivity index (χ3v) is 3.13. The molecule has 1 aromatic rings. The first kappa shape index (κ1) is 17.9. The molecule has 1 rings (SSSR count). The van der Waals surface area contributed by atoms with E-state index in [0.29, 0.717) is 0 Å². The summed E-state index contributed by atoms with van der Waals surface area (Å²) in [6.45, 7) is 12.4. The average molecular weight is 293 g/mol. The van der Waals surface area contributed by atoms with Crippen LogP contribution in [0.15, 0.2) is 12.4 Å². The first-order valence-electron chi connectivity index (χ1n) is 7.77. The van der Waals surface area contributed by atoms with Crippen molar-refractivity contribution >= 4 is 5.82 Å². The molecule has 0 aromatic carbocycles. The van der Waals surface area contributed by atoms with Gasteiger partial charge in [-0.15, -0.1) is 0 Å². The number of anilines is 1. The number of likely N-dealkylation sites (N-methyl/N-ethyl adjacent to an activating group) is 1. The Morgan fingerprint density at radius 2 is 1.76 bits per heavy atom. The standard InChI is InChI=1S/C16H31N5/c1-7-8-21(10-9-20(5)6)15-13-17-14(11-18-15)12-19-16(2,3)4/h11,13,19H,7-10,12H2,1-6H3. The molecule has 0 amide bonds. The second-order valence-corrected chi connectivity index (χ2v) is 6.76. The Labute approximate surface area is 129 Å². The summed E-state index contributed by atoms with van der Waals surface area (Å²) in [4.78, 5) is 13.6. The van der Waals surface area contributed by atoms with Gasteiger partial charge in [-0.2, -0.15) is 0 Å². The van der Waals surface area contributed by atoms with E-state index in [1.54, 1.807) is 0 Å². The Hall–Kier alpha value is -1.20. The third-order valence-electron chi connectivity index (χ3n) is 3.13. The summed E-state index contributed by atoms with van der Waals surface area (Å²) in [5.74, 6) is 0.971. The molecule has 21 heavy (non-hydrogen) atoms. The molecule has 1 aromatic heterocycles. The molecule has 0 saturated carbocycles. The molecule has 120 valence electrons. The van der Waals surface area contributed by atoms with Crippen molar-refractivity contribution in [3.63, 3.8) is 0 Å². The van der Waals surface area contributed by atoms with E-state index >= 15 is 0 Å². The van der Waals surface area contributed by atoms with Crippen LogP contribution in [0.5, 0.6) is 0 Å². The summed E-state index contributed by atoms with van der Waals surface area (Å²) in [6.07, 6.45) is 4.89. The lowest BCUT2D eigenvalue weighted by molar-refractivity contribution is 0.412. The zero-order chi connectivity index (χ0) is 15.9. The maximum atomic E-state index is 4.58. The van der Waals surface area contributed by atoms with Gasteiger partial charge in [0.2, 0.25) is 0 Å². The molecule has 0 aliphatic heterocycles. The maximum absolute atomic E-state index is 4.58. The highest BCUT2D eigenvalue weighted by molar-refractivity contribution is 5.35. The molecular formula is C16H31N5. The normalized spacial score (nSPS) is 12.0. The van der Waals surface area contributed by atoms with E-state index in [-0.39, 0.29) is 5.54 Å². The van der Waals surface area contributed by atoms with Crippen LogP contribution in [0.2, 0.25) is 0 Å². The fraction of sp³-hybridized carbons (Fsp3) is 0.750. The predicted octanol–water partition coefficient (Wildman–Crippen LogP) is 2.14. The van der Waals surface area contributed by atoms with Crippen molar-refractivity contribution in [3.05, 3.63) is 18.1 Å². The minimum Gasteiger partial charge on any atom is -0.354 e. The zero-order valence-electron chi connectivity index (χ0n) is 14.5. The smallest absolute Gasteiger partial charge is 0.147 e. The highest BCUT2D eigenvalue weighted by atomic mass is 15.2. The van der Waals surface area contributed by atoms with Gasteiger partial charge in [-0.3, -0.25) is 4.98 Å². The van der Waals surface area contributed by atoms with E-state index in [0.717, 1.165) is 44.1 Å². The van der Waals surface area contributed by atoms with Crippen molar-refractivity contribution in [2.45, 2.75) is 46.2 Å². The summed E-state index contributed by atoms with van der Waals surface area (Å²) in [6, 6.07) is 0. The fourth-order valence-electron chi connectivity index (χ4n) is 1.89. The highest BCUT2D eigenvalue weighted by Crippen LogP contribution is 2.10. The van der Waals surface area contributed by atoms with Gasteiger partial charge in [0.15, 0.2) is 0 Å². The molecule has 0 radical (unpaired) electrons. The largest absolute Gasteiger partial charge is 0.354 e. The molecule has 0 unspecified atom stereocenters. The van der Waals surface area contributed by atoms with Crippen LogP contribution in [0.3, 0.4) is 0 Å². The number of rotatable bonds is 8. The van der Waals surface area contributed by atoms with Crippen molar-refractivity contribution in [3.8, 4) is 0 Å². The summed E-state index contributed by atoms with van der Waals surface area (Å²) in [7, 11) is 4.19. The molecule has 0 aliphatic carbocycles. The second kappa shape index (κ2) is 8.29. The molecule has 5 heteroatoms. The zero-order valence-corrected chi connectivity index (χ0v) is 14.5. The van der Waals surface area contributed by atoms with E-state index in [4.69, 9.17) is 0 Å². The molecule has 0 spiro atoms. The Morgan fingerprint density at radius 1 is 1.05 bits per heavy atom. The van der Waals surface area contributed by atoms with E-state index in [1.165, 1.54) is 0 Å². The van der Waals surface area contributed by atoms with E-state index in [1.807, 2.05) is 12.4 Å². The van der Waals surface area contributed by atoms with Crippen LogP contribution in [0.25, 0.3) is 0 Å². The highest BCUT2D eigenvalue weighted by Gasteiger charge is 2.11. The first-order chi connectivity index (χ1) is 9.81. The SMILES string of the molecule is CCCN(CCN(C)C)c1cnc(CNC(C)(C)C)cn1. The third kappa shape index (κ3) is 7.39. The quantitative estimate of drug-likeness (QED) is 0.795. The minimum absolute atomic E-state index is 0.0975. The van der Waals surface area contributed by atoms with Gasteiger partial charge >= 0.3 is 0 Å². The predicted molar refractivity (Wildman–Crippen MR) is 89.7 cm³/mol. The summed E-state index contributed by atoms with van der Waals surface area (Å²) < 4.78 is 0. The molecule has 1 N–H and O–H groups in total. The Balaban J connectivity index is 2.64. The second-order valence-electron chi connectivity index (χ2n) is 6.76. The lowest BCUT2D eigenvalue weighted by Crippen LogP contribution is -2.35. The molecule has 0 saturated heterocycles. The summed E-state index contributed by atoms with van der Waals surface area (Å²) >= 11 is 0. The molecular weight excluding hydrogens is 262 g/mol. The van der Waals surface area contributed by atoms with Gasteiger partial charge in [0.1, 0.15) is 5.82 Å². The maximum Gasteiger partial charge on any atom is 0.147 e. The van der Waals surface area contributed by atoms with Gasteiger partial charge in [-0.05, 0) is 41.3 Å². The molecule has 0 fully saturated rings. The van der Waals surface area contributed by atoms with E-state index < -0.39 is 0 Å². The van der Waals surface area contributed by atoms with Crippen LogP contribution in [0.4, 0.5) is 5.82 Å². The van der Waals surface area contributed by atoms with Gasteiger partial charge in [0.05, 0.1) is 18.1 Å². The van der Waals surface area contributed by atoms with Gasteiger partial charge in [-0.25, -0.2) is 4.98 Å². The number of nitrogens with zero attached hydrogens (tertiary/aromatic N) is 4. The molecule has 5 nitrogen and oxygen atoms in total. The number of hydrogen-bond donors (Lipinski definition) is 1. The van der Waals surface area contributed by atoms with E-state index in [2.05, 4.69) is 66.9 Å². The van der Waals surface area contributed by atoms with Crippen LogP contribution in [0, 0.1) is 0 Å². The minimum atomic E-state index is 0.0975. The summed E-state index contributed by atoms with van der Waals surface area (Å²) in [5.41, 5.74) is 1.08. The monoisotopic (exact) mass is 293 g/mol. The van der Waals surface area contributed by atoms with Gasteiger partial charge in [-0.1, -0.05) is 6.92 Å². The first-order valence-corrected chi connectivity index (χ1v) is 7.77. The van der Waals surface area contributed by atoms with Crippen molar-refractivity contribution in [1.29, 1.82) is 0 Å². The molecule has 1 heterocycles. The van der Waals surface area contributed by atoms with Gasteiger partial charge in [0.25, 0.3) is 0 Å². The van der Waals surface area contributed by atoms with E-state index in [9.17, 15) is 0 Å². The van der Waals surface area contributed by atoms with Crippen LogP contribution in [0.1, 0.15) is 39.8 Å². The number of hydrogen-bond acceptors (Lipinski definition) is 5. The Kier molecular flexibility index (Phi) is 7.05. The van der Waals surface area contributed by atoms with Crippen molar-refractivity contribution in [2.75, 3.05) is 38.6 Å². The van der Waals surface area contributed by atoms with Crippen LogP contribution < -0.4 is 10.2 Å². The summed E-state index contributed by atoms with van der Waals surface area (Å²) in [5, 5.41) is 3.43. The molecule has 0 atom stereocenters. The number of nitrogens with one attached hydrogen (secondary N) is 1.